The Morgan fingerprint density at radius 1 is 1.21 bits per heavy atom. The zero-order valence-electron chi connectivity index (χ0n) is 8.11. The topological polar surface area (TPSA) is 33.1 Å². The number of phenols is 1. The summed E-state index contributed by atoms with van der Waals surface area (Å²) in [5.41, 5.74) is 2.86. The third-order valence-corrected chi connectivity index (χ3v) is 3.17. The van der Waals surface area contributed by atoms with Crippen molar-refractivity contribution < 1.29 is 5.11 Å². The molecule has 0 saturated heterocycles. The quantitative estimate of drug-likeness (QED) is 0.775. The van der Waals surface area contributed by atoms with Crippen molar-refractivity contribution in [1.82, 2.24) is 4.37 Å². The monoisotopic (exact) mass is 205 g/mol. The van der Waals surface area contributed by atoms with E-state index in [4.69, 9.17) is 0 Å². The van der Waals surface area contributed by atoms with Crippen LogP contribution in [0.25, 0.3) is 11.3 Å². The van der Waals surface area contributed by atoms with Crippen LogP contribution in [0.3, 0.4) is 0 Å². The molecule has 0 bridgehead atoms. The van der Waals surface area contributed by atoms with E-state index in [0.29, 0.717) is 5.75 Å². The maximum absolute atomic E-state index is 9.66. The van der Waals surface area contributed by atoms with Crippen LogP contribution in [0.1, 0.15) is 10.4 Å². The first-order valence-electron chi connectivity index (χ1n) is 4.41. The second kappa shape index (κ2) is 3.42. The summed E-state index contributed by atoms with van der Waals surface area (Å²) < 4.78 is 4.33. The summed E-state index contributed by atoms with van der Waals surface area (Å²) >= 11 is 1.47. The molecule has 0 atom stereocenters. The number of nitrogens with zero attached hydrogens (tertiary/aromatic N) is 1. The van der Waals surface area contributed by atoms with Crippen molar-refractivity contribution >= 4 is 11.5 Å². The average Bonchev–Trinajstić information content (AvgIpc) is 2.49. The molecule has 0 aliphatic carbocycles. The fourth-order valence-electron chi connectivity index (χ4n) is 1.34. The van der Waals surface area contributed by atoms with E-state index in [2.05, 4.69) is 4.37 Å². The van der Waals surface area contributed by atoms with Gasteiger partial charge in [-0.3, -0.25) is 0 Å². The fraction of sp³-hybridized carbons (Fsp3) is 0.182. The molecule has 0 radical (unpaired) electrons. The van der Waals surface area contributed by atoms with Gasteiger partial charge in [-0.25, -0.2) is 0 Å². The van der Waals surface area contributed by atoms with Crippen LogP contribution in [0.4, 0.5) is 0 Å². The van der Waals surface area contributed by atoms with E-state index in [9.17, 15) is 5.11 Å². The van der Waals surface area contributed by atoms with E-state index in [1.54, 1.807) is 6.07 Å². The summed E-state index contributed by atoms with van der Waals surface area (Å²) in [4.78, 5) is 1.20. The van der Waals surface area contributed by atoms with Gasteiger partial charge in [0, 0.05) is 10.4 Å². The standard InChI is InChI=1S/C11H11NOS/c1-7-8(2)14-12-11(7)9-5-3-4-6-10(9)13/h3-6,13H,1-2H3. The van der Waals surface area contributed by atoms with Gasteiger partial charge < -0.3 is 5.11 Å². The molecule has 0 saturated carbocycles. The molecule has 2 aromatic rings. The van der Waals surface area contributed by atoms with E-state index in [1.165, 1.54) is 16.4 Å². The minimum absolute atomic E-state index is 0.292. The van der Waals surface area contributed by atoms with Gasteiger partial charge in [-0.05, 0) is 43.1 Å². The summed E-state index contributed by atoms with van der Waals surface area (Å²) in [6, 6.07) is 7.29. The van der Waals surface area contributed by atoms with Crippen molar-refractivity contribution in [3.05, 3.63) is 34.7 Å². The highest BCUT2D eigenvalue weighted by Gasteiger charge is 2.11. The molecule has 1 N–H and O–H groups in total. The fourth-order valence-corrected chi connectivity index (χ4v) is 2.04. The number of para-hydroxylation sites is 1. The van der Waals surface area contributed by atoms with Crippen LogP contribution in [0, 0.1) is 13.8 Å². The molecule has 0 aliphatic rings. The molecular weight excluding hydrogens is 194 g/mol. The lowest BCUT2D eigenvalue weighted by Crippen LogP contribution is -1.81. The molecule has 1 heterocycles. The lowest BCUT2D eigenvalue weighted by Gasteiger charge is -2.01. The van der Waals surface area contributed by atoms with E-state index in [0.717, 1.165) is 16.8 Å². The third-order valence-electron chi connectivity index (χ3n) is 2.32. The van der Waals surface area contributed by atoms with Crippen LogP contribution in [-0.2, 0) is 0 Å². The van der Waals surface area contributed by atoms with Gasteiger partial charge in [0.15, 0.2) is 0 Å². The van der Waals surface area contributed by atoms with Crippen molar-refractivity contribution in [3.8, 4) is 17.0 Å². The third kappa shape index (κ3) is 1.40. The summed E-state index contributed by atoms with van der Waals surface area (Å²) in [7, 11) is 0. The first-order valence-corrected chi connectivity index (χ1v) is 5.18. The predicted octanol–water partition coefficient (Wildman–Crippen LogP) is 3.13. The molecule has 1 aromatic carbocycles. The smallest absolute Gasteiger partial charge is 0.125 e. The molecular formula is C11H11NOS. The Morgan fingerprint density at radius 3 is 2.50 bits per heavy atom. The predicted molar refractivity (Wildman–Crippen MR) is 58.7 cm³/mol. The molecule has 3 heteroatoms. The zero-order chi connectivity index (χ0) is 10.1. The molecule has 0 spiro atoms. The van der Waals surface area contributed by atoms with Crippen LogP contribution in [-0.4, -0.2) is 9.48 Å². The molecule has 2 rings (SSSR count). The first kappa shape index (κ1) is 9.21. The van der Waals surface area contributed by atoms with Crippen molar-refractivity contribution in [1.29, 1.82) is 0 Å². The molecule has 72 valence electrons. The second-order valence-electron chi connectivity index (χ2n) is 3.23. The summed E-state index contributed by atoms with van der Waals surface area (Å²) in [5, 5.41) is 9.66. The van der Waals surface area contributed by atoms with Gasteiger partial charge >= 0.3 is 0 Å². The maximum atomic E-state index is 9.66. The maximum Gasteiger partial charge on any atom is 0.125 e. The van der Waals surface area contributed by atoms with Crippen molar-refractivity contribution in [2.75, 3.05) is 0 Å². The van der Waals surface area contributed by atoms with Crippen molar-refractivity contribution in [2.45, 2.75) is 13.8 Å². The minimum Gasteiger partial charge on any atom is -0.507 e. The Hall–Kier alpha value is -1.35. The number of hydrogen-bond donors (Lipinski definition) is 1. The highest BCUT2D eigenvalue weighted by Crippen LogP contribution is 2.32. The van der Waals surface area contributed by atoms with E-state index >= 15 is 0 Å². The summed E-state index contributed by atoms with van der Waals surface area (Å²) in [6.07, 6.45) is 0. The first-order chi connectivity index (χ1) is 6.70. The molecule has 2 nitrogen and oxygen atoms in total. The van der Waals surface area contributed by atoms with Crippen molar-refractivity contribution in [2.24, 2.45) is 0 Å². The number of aromatic nitrogens is 1. The van der Waals surface area contributed by atoms with Gasteiger partial charge in [0.2, 0.25) is 0 Å². The van der Waals surface area contributed by atoms with Crippen LogP contribution >= 0.6 is 11.5 Å². The lowest BCUT2D eigenvalue weighted by atomic mass is 10.1. The van der Waals surface area contributed by atoms with Gasteiger partial charge in [-0.1, -0.05) is 12.1 Å². The molecule has 0 unspecified atom stereocenters. The Balaban J connectivity index is 2.60. The largest absolute Gasteiger partial charge is 0.507 e. The summed E-state index contributed by atoms with van der Waals surface area (Å²) in [5.74, 6) is 0.292. The Labute approximate surface area is 87.0 Å². The minimum atomic E-state index is 0.292. The van der Waals surface area contributed by atoms with Crippen LogP contribution < -0.4 is 0 Å². The van der Waals surface area contributed by atoms with Crippen molar-refractivity contribution in [3.63, 3.8) is 0 Å². The van der Waals surface area contributed by atoms with E-state index in [1.807, 2.05) is 32.0 Å². The van der Waals surface area contributed by atoms with Gasteiger partial charge in [0.25, 0.3) is 0 Å². The van der Waals surface area contributed by atoms with E-state index in [-0.39, 0.29) is 0 Å². The van der Waals surface area contributed by atoms with Gasteiger partial charge in [-0.2, -0.15) is 4.37 Å². The zero-order valence-corrected chi connectivity index (χ0v) is 8.93. The molecule has 0 amide bonds. The highest BCUT2D eigenvalue weighted by molar-refractivity contribution is 7.06. The number of hydrogen-bond acceptors (Lipinski definition) is 3. The number of aromatic hydroxyl groups is 1. The van der Waals surface area contributed by atoms with Crippen LogP contribution in [0.5, 0.6) is 5.75 Å². The molecule has 0 aliphatic heterocycles. The number of aryl methyl sites for hydroxylation is 1. The Morgan fingerprint density at radius 2 is 1.93 bits per heavy atom. The number of phenolic OH excluding ortho intramolecular Hbond substituents is 1. The van der Waals surface area contributed by atoms with Gasteiger partial charge in [0.1, 0.15) is 5.75 Å². The van der Waals surface area contributed by atoms with E-state index < -0.39 is 0 Å². The molecule has 0 fully saturated rings. The Kier molecular flexibility index (Phi) is 2.25. The van der Waals surface area contributed by atoms with Crippen LogP contribution in [0.2, 0.25) is 0 Å². The lowest BCUT2D eigenvalue weighted by molar-refractivity contribution is 0.477. The van der Waals surface area contributed by atoms with Gasteiger partial charge in [-0.15, -0.1) is 0 Å². The summed E-state index contributed by atoms with van der Waals surface area (Å²) in [6.45, 7) is 4.07. The SMILES string of the molecule is Cc1snc(-c2ccccc2O)c1C. The van der Waals surface area contributed by atoms with Crippen LogP contribution in [0.15, 0.2) is 24.3 Å². The highest BCUT2D eigenvalue weighted by atomic mass is 32.1. The number of benzene rings is 1. The second-order valence-corrected chi connectivity index (χ2v) is 4.21. The average molecular weight is 205 g/mol. The molecule has 14 heavy (non-hydrogen) atoms. The number of rotatable bonds is 1. The van der Waals surface area contributed by atoms with Gasteiger partial charge in [0.05, 0.1) is 5.69 Å². The normalized spacial score (nSPS) is 10.4. The Bertz CT molecular complexity index is 462. The molecule has 1 aromatic heterocycles.